The summed E-state index contributed by atoms with van der Waals surface area (Å²) in [5.74, 6) is 0. The van der Waals surface area contributed by atoms with Gasteiger partial charge in [-0.2, -0.15) is 0 Å². The van der Waals surface area contributed by atoms with Crippen molar-refractivity contribution in [3.8, 4) is 0 Å². The molecule has 0 amide bonds. The lowest BCUT2D eigenvalue weighted by molar-refractivity contribution is 0.0674. The van der Waals surface area contributed by atoms with Gasteiger partial charge in [-0.05, 0) is 51.9 Å². The molecule has 1 N–H and O–H groups in total. The third kappa shape index (κ3) is 3.76. The lowest BCUT2D eigenvalue weighted by Crippen LogP contribution is -2.45. The summed E-state index contributed by atoms with van der Waals surface area (Å²) in [6.45, 7) is 7.24. The van der Waals surface area contributed by atoms with Crippen LogP contribution < -0.4 is 5.32 Å². The molecule has 1 aliphatic carbocycles. The predicted molar refractivity (Wildman–Crippen MR) is 67.2 cm³/mol. The normalized spacial score (nSPS) is 25.8. The summed E-state index contributed by atoms with van der Waals surface area (Å²) < 4.78 is 0. The van der Waals surface area contributed by atoms with Crippen LogP contribution in [0, 0.1) is 5.41 Å². The molecule has 0 heterocycles. The molecule has 0 saturated heterocycles. The molecule has 2 heteroatoms. The van der Waals surface area contributed by atoms with Gasteiger partial charge in [-0.3, -0.25) is 0 Å². The smallest absolute Gasteiger partial charge is 0.0143 e. The van der Waals surface area contributed by atoms with Crippen LogP contribution in [-0.4, -0.2) is 38.1 Å². The van der Waals surface area contributed by atoms with Gasteiger partial charge in [0, 0.05) is 6.04 Å². The summed E-state index contributed by atoms with van der Waals surface area (Å²) in [4.78, 5) is 2.58. The van der Waals surface area contributed by atoms with E-state index in [9.17, 15) is 0 Å². The molecular weight excluding hydrogens is 184 g/mol. The van der Waals surface area contributed by atoms with Crippen LogP contribution in [0.5, 0.6) is 0 Å². The van der Waals surface area contributed by atoms with Crippen LogP contribution in [0.2, 0.25) is 0 Å². The standard InChI is InChI=1S/C13H28N2/c1-13(2)9-6-5-8-12(13)15(4)11-7-10-14-3/h12,14H,5-11H2,1-4H3. The molecule has 1 saturated carbocycles. The fourth-order valence-electron chi connectivity index (χ4n) is 2.95. The second-order valence-electron chi connectivity index (χ2n) is 5.69. The molecule has 0 aromatic rings. The molecule has 0 bridgehead atoms. The summed E-state index contributed by atoms with van der Waals surface area (Å²) in [6, 6.07) is 0.795. The SMILES string of the molecule is CNCCCN(C)C1CCCCC1(C)C. The van der Waals surface area contributed by atoms with E-state index < -0.39 is 0 Å². The highest BCUT2D eigenvalue weighted by Gasteiger charge is 2.34. The third-order valence-electron chi connectivity index (χ3n) is 3.92. The molecule has 1 rings (SSSR count). The zero-order valence-corrected chi connectivity index (χ0v) is 11.0. The maximum absolute atomic E-state index is 3.22. The zero-order chi connectivity index (χ0) is 11.3. The van der Waals surface area contributed by atoms with Gasteiger partial charge in [-0.25, -0.2) is 0 Å². The average molecular weight is 212 g/mol. The van der Waals surface area contributed by atoms with Gasteiger partial charge in [-0.15, -0.1) is 0 Å². The van der Waals surface area contributed by atoms with E-state index in [4.69, 9.17) is 0 Å². The molecule has 1 fully saturated rings. The molecule has 1 unspecified atom stereocenters. The maximum atomic E-state index is 3.22. The number of nitrogens with zero attached hydrogens (tertiary/aromatic N) is 1. The van der Waals surface area contributed by atoms with Crippen molar-refractivity contribution in [1.82, 2.24) is 10.2 Å². The monoisotopic (exact) mass is 212 g/mol. The zero-order valence-electron chi connectivity index (χ0n) is 11.0. The van der Waals surface area contributed by atoms with E-state index in [0.29, 0.717) is 5.41 Å². The van der Waals surface area contributed by atoms with Crippen molar-refractivity contribution in [2.24, 2.45) is 5.41 Å². The molecule has 2 nitrogen and oxygen atoms in total. The minimum absolute atomic E-state index is 0.520. The first-order chi connectivity index (χ1) is 7.08. The van der Waals surface area contributed by atoms with E-state index in [-0.39, 0.29) is 0 Å². The Kier molecular flexibility index (Phi) is 5.07. The second-order valence-corrected chi connectivity index (χ2v) is 5.69. The van der Waals surface area contributed by atoms with Gasteiger partial charge < -0.3 is 10.2 Å². The van der Waals surface area contributed by atoms with E-state index in [2.05, 4.69) is 31.1 Å². The fraction of sp³-hybridized carbons (Fsp3) is 1.00. The summed E-state index contributed by atoms with van der Waals surface area (Å²) in [6.07, 6.45) is 6.90. The van der Waals surface area contributed by atoms with Crippen LogP contribution in [0.3, 0.4) is 0 Å². The van der Waals surface area contributed by atoms with E-state index >= 15 is 0 Å². The average Bonchev–Trinajstić information content (AvgIpc) is 2.17. The van der Waals surface area contributed by atoms with E-state index in [1.54, 1.807) is 0 Å². The van der Waals surface area contributed by atoms with Crippen LogP contribution >= 0.6 is 0 Å². The van der Waals surface area contributed by atoms with Crippen LogP contribution in [0.4, 0.5) is 0 Å². The Morgan fingerprint density at radius 2 is 2.07 bits per heavy atom. The van der Waals surface area contributed by atoms with Crippen LogP contribution in [-0.2, 0) is 0 Å². The highest BCUT2D eigenvalue weighted by molar-refractivity contribution is 4.88. The van der Waals surface area contributed by atoms with Gasteiger partial charge in [-0.1, -0.05) is 26.7 Å². The summed E-state index contributed by atoms with van der Waals surface area (Å²) >= 11 is 0. The topological polar surface area (TPSA) is 15.3 Å². The van der Waals surface area contributed by atoms with Gasteiger partial charge >= 0.3 is 0 Å². The van der Waals surface area contributed by atoms with Gasteiger partial charge in [0.05, 0.1) is 0 Å². The number of hydrogen-bond donors (Lipinski definition) is 1. The lowest BCUT2D eigenvalue weighted by atomic mass is 9.72. The lowest BCUT2D eigenvalue weighted by Gasteiger charge is -2.44. The highest BCUT2D eigenvalue weighted by atomic mass is 15.1. The van der Waals surface area contributed by atoms with Crippen molar-refractivity contribution in [2.75, 3.05) is 27.2 Å². The van der Waals surface area contributed by atoms with Crippen molar-refractivity contribution in [2.45, 2.75) is 52.0 Å². The van der Waals surface area contributed by atoms with Crippen molar-refractivity contribution in [3.05, 3.63) is 0 Å². The number of hydrogen-bond acceptors (Lipinski definition) is 2. The minimum Gasteiger partial charge on any atom is -0.320 e. The predicted octanol–water partition coefficient (Wildman–Crippen LogP) is 2.50. The van der Waals surface area contributed by atoms with E-state index in [1.165, 1.54) is 38.6 Å². The Hall–Kier alpha value is -0.0800. The molecule has 1 atom stereocenters. The second kappa shape index (κ2) is 5.86. The van der Waals surface area contributed by atoms with Gasteiger partial charge in [0.1, 0.15) is 0 Å². The fourth-order valence-corrected chi connectivity index (χ4v) is 2.95. The first-order valence-corrected chi connectivity index (χ1v) is 6.43. The van der Waals surface area contributed by atoms with Crippen LogP contribution in [0.15, 0.2) is 0 Å². The largest absolute Gasteiger partial charge is 0.320 e. The quantitative estimate of drug-likeness (QED) is 0.704. The van der Waals surface area contributed by atoms with E-state index in [1.807, 2.05) is 7.05 Å². The molecule has 90 valence electrons. The Balaban J connectivity index is 2.38. The maximum Gasteiger partial charge on any atom is 0.0143 e. The Morgan fingerprint density at radius 1 is 1.33 bits per heavy atom. The summed E-state index contributed by atoms with van der Waals surface area (Å²) in [5.41, 5.74) is 0.520. The van der Waals surface area contributed by atoms with E-state index in [0.717, 1.165) is 12.6 Å². The van der Waals surface area contributed by atoms with Crippen molar-refractivity contribution in [1.29, 1.82) is 0 Å². The van der Waals surface area contributed by atoms with Gasteiger partial charge in [0.15, 0.2) is 0 Å². The van der Waals surface area contributed by atoms with Crippen LogP contribution in [0.1, 0.15) is 46.0 Å². The molecule has 0 aromatic carbocycles. The molecule has 15 heavy (non-hydrogen) atoms. The summed E-state index contributed by atoms with van der Waals surface area (Å²) in [7, 11) is 4.33. The highest BCUT2D eigenvalue weighted by Crippen LogP contribution is 2.38. The Bertz CT molecular complexity index is 177. The molecule has 0 aliphatic heterocycles. The Labute approximate surface area is 95.4 Å². The third-order valence-corrected chi connectivity index (χ3v) is 3.92. The first kappa shape index (κ1) is 13.0. The molecule has 0 radical (unpaired) electrons. The molecule has 1 aliphatic rings. The van der Waals surface area contributed by atoms with Crippen LogP contribution in [0.25, 0.3) is 0 Å². The first-order valence-electron chi connectivity index (χ1n) is 6.43. The molecular formula is C13H28N2. The summed E-state index contributed by atoms with van der Waals surface area (Å²) in [5, 5.41) is 3.22. The minimum atomic E-state index is 0.520. The van der Waals surface area contributed by atoms with Crippen molar-refractivity contribution in [3.63, 3.8) is 0 Å². The Morgan fingerprint density at radius 3 is 2.67 bits per heavy atom. The van der Waals surface area contributed by atoms with Gasteiger partial charge in [0.2, 0.25) is 0 Å². The molecule has 0 spiro atoms. The van der Waals surface area contributed by atoms with Crippen molar-refractivity contribution >= 4 is 0 Å². The van der Waals surface area contributed by atoms with Gasteiger partial charge in [0.25, 0.3) is 0 Å². The van der Waals surface area contributed by atoms with Crippen molar-refractivity contribution < 1.29 is 0 Å². The number of rotatable bonds is 5. The number of nitrogens with one attached hydrogen (secondary N) is 1. The molecule has 0 aromatic heterocycles.